The lowest BCUT2D eigenvalue weighted by Crippen LogP contribution is -2.46. The van der Waals surface area contributed by atoms with Crippen LogP contribution in [0.5, 0.6) is 0 Å². The van der Waals surface area contributed by atoms with E-state index in [0.29, 0.717) is 26.3 Å². The highest BCUT2D eigenvalue weighted by Gasteiger charge is 2.27. The molecule has 1 fully saturated rings. The van der Waals surface area contributed by atoms with Gasteiger partial charge in [-0.05, 0) is 28.7 Å². The van der Waals surface area contributed by atoms with Crippen molar-refractivity contribution in [2.75, 3.05) is 26.3 Å². The normalized spacial score (nSPS) is 15.6. The molecule has 1 unspecified atom stereocenters. The zero-order chi connectivity index (χ0) is 22.3. The lowest BCUT2D eigenvalue weighted by molar-refractivity contribution is 0.00837. The molecule has 4 nitrogen and oxygen atoms in total. The van der Waals surface area contributed by atoms with E-state index in [0.717, 1.165) is 17.7 Å². The van der Waals surface area contributed by atoms with Crippen LogP contribution in [0.3, 0.4) is 0 Å². The molecule has 1 N–H and O–H groups in total. The molecular formula is C24H30F2N2O2. The second-order valence-corrected chi connectivity index (χ2v) is 7.99. The first kappa shape index (κ1) is 23.7. The summed E-state index contributed by atoms with van der Waals surface area (Å²) in [6.45, 7) is 14.7. The van der Waals surface area contributed by atoms with Crippen molar-refractivity contribution < 1.29 is 18.3 Å². The average molecular weight is 417 g/mol. The first-order chi connectivity index (χ1) is 14.3. The van der Waals surface area contributed by atoms with Crippen LogP contribution in [0.25, 0.3) is 0 Å². The number of nitrogens with zero attached hydrogens (tertiary/aromatic N) is 1. The highest BCUT2D eigenvalue weighted by molar-refractivity contribution is 5.95. The molecule has 0 radical (unpaired) electrons. The Balaban J connectivity index is 0.00000155. The Morgan fingerprint density at radius 1 is 1.03 bits per heavy atom. The Morgan fingerprint density at radius 3 is 2.07 bits per heavy atom. The maximum absolute atomic E-state index is 14.0. The number of hydrogen-bond donors (Lipinski definition) is 1. The molecular weight excluding hydrogens is 386 g/mol. The fourth-order valence-electron chi connectivity index (χ4n) is 3.30. The van der Waals surface area contributed by atoms with E-state index in [1.54, 1.807) is 0 Å². The predicted octanol–water partition coefficient (Wildman–Crippen LogP) is 4.83. The smallest absolute Gasteiger partial charge is 0.258 e. The van der Waals surface area contributed by atoms with E-state index in [1.807, 2.05) is 29.2 Å². The van der Waals surface area contributed by atoms with Crippen LogP contribution in [0, 0.1) is 11.6 Å². The van der Waals surface area contributed by atoms with E-state index in [9.17, 15) is 13.6 Å². The van der Waals surface area contributed by atoms with Gasteiger partial charge >= 0.3 is 0 Å². The van der Waals surface area contributed by atoms with Gasteiger partial charge in [0.25, 0.3) is 5.91 Å². The number of amides is 1. The van der Waals surface area contributed by atoms with Crippen molar-refractivity contribution in [3.8, 4) is 0 Å². The van der Waals surface area contributed by atoms with Crippen LogP contribution >= 0.6 is 0 Å². The molecule has 6 heteroatoms. The second kappa shape index (κ2) is 10.5. The SMILES string of the molecule is C=C.CC(C)(C)c1ccc(C(NC(=O)c2c(F)cccc2F)N2CCOCC2)cc1. The molecule has 0 aromatic heterocycles. The van der Waals surface area contributed by atoms with Gasteiger partial charge in [-0.2, -0.15) is 0 Å². The van der Waals surface area contributed by atoms with Gasteiger partial charge in [-0.15, -0.1) is 13.2 Å². The first-order valence-corrected chi connectivity index (χ1v) is 9.94. The van der Waals surface area contributed by atoms with Crippen LogP contribution in [0.2, 0.25) is 0 Å². The third kappa shape index (κ3) is 5.74. The molecule has 2 aromatic rings. The van der Waals surface area contributed by atoms with Crippen molar-refractivity contribution in [3.63, 3.8) is 0 Å². The van der Waals surface area contributed by atoms with Gasteiger partial charge < -0.3 is 10.1 Å². The van der Waals surface area contributed by atoms with E-state index in [1.165, 1.54) is 11.6 Å². The summed E-state index contributed by atoms with van der Waals surface area (Å²) in [5.41, 5.74) is 1.47. The molecule has 1 amide bonds. The van der Waals surface area contributed by atoms with E-state index in [4.69, 9.17) is 4.74 Å². The van der Waals surface area contributed by atoms with Gasteiger partial charge in [0, 0.05) is 13.1 Å². The lowest BCUT2D eigenvalue weighted by Gasteiger charge is -2.35. The lowest BCUT2D eigenvalue weighted by atomic mass is 9.86. The summed E-state index contributed by atoms with van der Waals surface area (Å²) in [7, 11) is 0. The molecule has 30 heavy (non-hydrogen) atoms. The third-order valence-corrected chi connectivity index (χ3v) is 4.96. The Hall–Kier alpha value is -2.57. The van der Waals surface area contributed by atoms with Gasteiger partial charge in [-0.3, -0.25) is 9.69 Å². The summed E-state index contributed by atoms with van der Waals surface area (Å²) in [6.07, 6.45) is -0.496. The topological polar surface area (TPSA) is 41.6 Å². The number of halogens is 2. The average Bonchev–Trinajstić information content (AvgIpc) is 2.73. The zero-order valence-corrected chi connectivity index (χ0v) is 17.9. The molecule has 1 saturated heterocycles. The number of carbonyl (C=O) groups is 1. The standard InChI is InChI=1S/C22H26F2N2O2.C2H4/c1-22(2,3)16-9-7-15(8-10-16)20(26-11-13-28-14-12-26)25-21(27)19-17(23)5-4-6-18(19)24;1-2/h4-10,20H,11-14H2,1-3H3,(H,25,27);1-2H2. The molecule has 1 heterocycles. The zero-order valence-electron chi connectivity index (χ0n) is 17.9. The number of rotatable bonds is 4. The third-order valence-electron chi connectivity index (χ3n) is 4.96. The highest BCUT2D eigenvalue weighted by Crippen LogP contribution is 2.26. The summed E-state index contributed by atoms with van der Waals surface area (Å²) < 4.78 is 33.5. The quantitative estimate of drug-likeness (QED) is 0.727. The minimum absolute atomic E-state index is 0.00648. The fourth-order valence-corrected chi connectivity index (χ4v) is 3.30. The van der Waals surface area contributed by atoms with Crippen LogP contribution in [0.4, 0.5) is 8.78 Å². The summed E-state index contributed by atoms with van der Waals surface area (Å²) >= 11 is 0. The molecule has 0 spiro atoms. The van der Waals surface area contributed by atoms with E-state index < -0.39 is 29.3 Å². The molecule has 1 aliphatic heterocycles. The first-order valence-electron chi connectivity index (χ1n) is 9.94. The minimum atomic E-state index is -0.874. The Morgan fingerprint density at radius 2 is 1.57 bits per heavy atom. The number of hydrogen-bond acceptors (Lipinski definition) is 3. The molecule has 1 atom stereocenters. The molecule has 1 aliphatic rings. The monoisotopic (exact) mass is 416 g/mol. The maximum atomic E-state index is 14.0. The van der Waals surface area contributed by atoms with Gasteiger partial charge in [0.15, 0.2) is 0 Å². The van der Waals surface area contributed by atoms with Crippen molar-refractivity contribution in [1.29, 1.82) is 0 Å². The summed E-state index contributed by atoms with van der Waals surface area (Å²) in [4.78, 5) is 14.7. The number of carbonyl (C=O) groups excluding carboxylic acids is 1. The van der Waals surface area contributed by atoms with Gasteiger partial charge in [0.2, 0.25) is 0 Å². The van der Waals surface area contributed by atoms with Gasteiger partial charge in [-0.1, -0.05) is 51.1 Å². The number of ether oxygens (including phenoxy) is 1. The Bertz CT molecular complexity index is 821. The summed E-state index contributed by atoms with van der Waals surface area (Å²) in [6, 6.07) is 11.4. The molecule has 3 rings (SSSR count). The van der Waals surface area contributed by atoms with E-state index in [2.05, 4.69) is 39.2 Å². The molecule has 162 valence electrons. The second-order valence-electron chi connectivity index (χ2n) is 7.99. The van der Waals surface area contributed by atoms with Crippen LogP contribution in [-0.2, 0) is 10.2 Å². The van der Waals surface area contributed by atoms with E-state index in [-0.39, 0.29) is 5.41 Å². The highest BCUT2D eigenvalue weighted by atomic mass is 19.1. The predicted molar refractivity (Wildman–Crippen MR) is 115 cm³/mol. The minimum Gasteiger partial charge on any atom is -0.379 e. The number of morpholine rings is 1. The largest absolute Gasteiger partial charge is 0.379 e. The number of nitrogens with one attached hydrogen (secondary N) is 1. The number of benzene rings is 2. The molecule has 2 aromatic carbocycles. The van der Waals surface area contributed by atoms with Crippen molar-refractivity contribution in [3.05, 3.63) is 83.9 Å². The van der Waals surface area contributed by atoms with Gasteiger partial charge in [-0.25, -0.2) is 8.78 Å². The fraction of sp³-hybridized carbons (Fsp3) is 0.375. The Labute approximate surface area is 177 Å². The van der Waals surface area contributed by atoms with Crippen molar-refractivity contribution >= 4 is 5.91 Å². The molecule has 0 bridgehead atoms. The molecule has 0 aliphatic carbocycles. The van der Waals surface area contributed by atoms with Crippen LogP contribution in [0.15, 0.2) is 55.6 Å². The summed E-state index contributed by atoms with van der Waals surface area (Å²) in [5.74, 6) is -2.52. The maximum Gasteiger partial charge on any atom is 0.258 e. The van der Waals surface area contributed by atoms with Gasteiger partial charge in [0.05, 0.1) is 13.2 Å². The molecule has 0 saturated carbocycles. The van der Waals surface area contributed by atoms with Crippen LogP contribution in [0.1, 0.15) is 48.4 Å². The van der Waals surface area contributed by atoms with Gasteiger partial charge in [0.1, 0.15) is 23.4 Å². The van der Waals surface area contributed by atoms with Crippen molar-refractivity contribution in [2.24, 2.45) is 0 Å². The summed E-state index contributed by atoms with van der Waals surface area (Å²) in [5, 5.41) is 2.81. The van der Waals surface area contributed by atoms with E-state index >= 15 is 0 Å². The Kier molecular flexibility index (Phi) is 8.26. The van der Waals surface area contributed by atoms with Crippen LogP contribution < -0.4 is 5.32 Å². The van der Waals surface area contributed by atoms with Crippen molar-refractivity contribution in [1.82, 2.24) is 10.2 Å². The van der Waals surface area contributed by atoms with Crippen molar-refractivity contribution in [2.45, 2.75) is 32.4 Å². The van der Waals surface area contributed by atoms with Crippen LogP contribution in [-0.4, -0.2) is 37.1 Å².